The van der Waals surface area contributed by atoms with Crippen molar-refractivity contribution in [2.45, 2.75) is 57.7 Å². The minimum Gasteiger partial charge on any atom is -0.443 e. The molecule has 0 spiro atoms. The molecule has 1 aliphatic carbocycles. The van der Waals surface area contributed by atoms with Crippen molar-refractivity contribution in [3.63, 3.8) is 0 Å². The van der Waals surface area contributed by atoms with Gasteiger partial charge in [0.25, 0.3) is 5.56 Å². The highest BCUT2D eigenvalue weighted by atomic mass is 35.5. The second-order valence-corrected chi connectivity index (χ2v) is 10.2. The second kappa shape index (κ2) is 8.36. The summed E-state index contributed by atoms with van der Waals surface area (Å²) in [6, 6.07) is 0.850. The number of halogens is 2. The molecule has 0 radical (unpaired) electrons. The van der Waals surface area contributed by atoms with Crippen molar-refractivity contribution in [1.82, 2.24) is 24.2 Å². The van der Waals surface area contributed by atoms with Crippen LogP contribution in [0.25, 0.3) is 10.9 Å². The van der Waals surface area contributed by atoms with Crippen LogP contribution < -0.4 is 21.6 Å². The minimum atomic E-state index is -0.974. The number of anilines is 1. The van der Waals surface area contributed by atoms with Crippen LogP contribution in [0.3, 0.4) is 0 Å². The van der Waals surface area contributed by atoms with Gasteiger partial charge in [-0.15, -0.1) is 5.10 Å². The van der Waals surface area contributed by atoms with Crippen molar-refractivity contribution in [1.29, 1.82) is 0 Å². The van der Waals surface area contributed by atoms with Crippen molar-refractivity contribution in [3.05, 3.63) is 50.1 Å². The number of nitrogens with zero attached hydrogens (tertiary/aromatic N) is 6. The molecule has 1 saturated heterocycles. The van der Waals surface area contributed by atoms with E-state index >= 15 is 4.39 Å². The molecule has 1 saturated carbocycles. The second-order valence-electron chi connectivity index (χ2n) is 9.83. The average Bonchev–Trinajstić information content (AvgIpc) is 3.23. The summed E-state index contributed by atoms with van der Waals surface area (Å²) in [4.78, 5) is 40.6. The van der Waals surface area contributed by atoms with Crippen LogP contribution in [0, 0.1) is 5.82 Å². The van der Waals surface area contributed by atoms with Gasteiger partial charge in [-0.3, -0.25) is 9.36 Å². The molecule has 1 aliphatic heterocycles. The maximum Gasteiger partial charge on any atom is 0.427 e. The lowest BCUT2D eigenvalue weighted by Gasteiger charge is -2.24. The van der Waals surface area contributed by atoms with Gasteiger partial charge in [-0.1, -0.05) is 16.8 Å². The number of nitrogens with one attached hydrogen (secondary N) is 1. The van der Waals surface area contributed by atoms with Gasteiger partial charge in [-0.25, -0.2) is 24.1 Å². The molecule has 35 heavy (non-hydrogen) atoms. The van der Waals surface area contributed by atoms with E-state index in [0.29, 0.717) is 37.0 Å². The zero-order valence-electron chi connectivity index (χ0n) is 19.5. The monoisotopic (exact) mass is 505 g/mol. The highest BCUT2D eigenvalue weighted by Gasteiger charge is 2.34. The Morgan fingerprint density at radius 1 is 1.23 bits per heavy atom. The number of hydrogen-bond acceptors (Lipinski definition) is 7. The molecule has 1 N–H and O–H groups in total. The Labute approximate surface area is 204 Å². The topological polar surface area (TPSA) is 116 Å². The molecule has 13 heteroatoms. The predicted octanol–water partition coefficient (Wildman–Crippen LogP) is 2.81. The van der Waals surface area contributed by atoms with E-state index in [1.165, 1.54) is 4.57 Å². The van der Waals surface area contributed by atoms with Crippen LogP contribution in [0.5, 0.6) is 0 Å². The lowest BCUT2D eigenvalue weighted by molar-refractivity contribution is 0.0610. The predicted molar refractivity (Wildman–Crippen MR) is 127 cm³/mol. The van der Waals surface area contributed by atoms with Crippen molar-refractivity contribution < 1.29 is 13.9 Å². The van der Waals surface area contributed by atoms with Crippen LogP contribution in [0.4, 0.5) is 14.9 Å². The summed E-state index contributed by atoms with van der Waals surface area (Å²) in [7, 11) is 0. The molecule has 186 valence electrons. The highest BCUT2D eigenvalue weighted by molar-refractivity contribution is 6.38. The van der Waals surface area contributed by atoms with Gasteiger partial charge in [0, 0.05) is 25.3 Å². The van der Waals surface area contributed by atoms with E-state index in [2.05, 4.69) is 15.7 Å². The van der Waals surface area contributed by atoms with Gasteiger partial charge in [0.2, 0.25) is 0 Å². The Morgan fingerprint density at radius 3 is 2.60 bits per heavy atom. The van der Waals surface area contributed by atoms with Gasteiger partial charge < -0.3 is 9.64 Å². The van der Waals surface area contributed by atoms with E-state index in [1.807, 2.05) is 0 Å². The number of aromatic nitrogens is 5. The van der Waals surface area contributed by atoms with Crippen molar-refractivity contribution in [2.75, 3.05) is 23.4 Å². The summed E-state index contributed by atoms with van der Waals surface area (Å²) in [6.07, 6.45) is 4.45. The maximum atomic E-state index is 15.4. The van der Waals surface area contributed by atoms with E-state index in [1.54, 1.807) is 42.7 Å². The Balaban J connectivity index is 1.61. The zero-order chi connectivity index (χ0) is 25.1. The normalized spacial score (nSPS) is 18.3. The molecule has 1 atom stereocenters. The lowest BCUT2D eigenvalue weighted by atomic mass is 10.2. The first-order chi connectivity index (χ1) is 16.5. The molecule has 2 fully saturated rings. The zero-order valence-corrected chi connectivity index (χ0v) is 20.3. The largest absolute Gasteiger partial charge is 0.443 e. The highest BCUT2D eigenvalue weighted by Crippen LogP contribution is 2.42. The minimum absolute atomic E-state index is 0.00948. The number of fused-ring (bicyclic) bond motifs is 1. The fraction of sp³-hybridized carbons (Fsp3) is 0.500. The summed E-state index contributed by atoms with van der Waals surface area (Å²) < 4.78 is 24.3. The van der Waals surface area contributed by atoms with Gasteiger partial charge >= 0.3 is 11.8 Å². The van der Waals surface area contributed by atoms with E-state index < -0.39 is 28.8 Å². The summed E-state index contributed by atoms with van der Waals surface area (Å²) in [5, 5.41) is 7.74. The number of hydrogen-bond donors (Lipinski definition) is 1. The third kappa shape index (κ3) is 4.26. The molecule has 2 aliphatic rings. The lowest BCUT2D eigenvalue weighted by Crippen LogP contribution is -2.48. The van der Waals surface area contributed by atoms with Crippen LogP contribution in [-0.2, 0) is 4.74 Å². The average molecular weight is 506 g/mol. The molecule has 11 nitrogen and oxygen atoms in total. The van der Waals surface area contributed by atoms with E-state index in [-0.39, 0.29) is 33.7 Å². The quantitative estimate of drug-likeness (QED) is 0.579. The summed E-state index contributed by atoms with van der Waals surface area (Å²) >= 11 is 6.73. The fourth-order valence-electron chi connectivity index (χ4n) is 4.43. The van der Waals surface area contributed by atoms with Gasteiger partial charge in [0.15, 0.2) is 0 Å². The van der Waals surface area contributed by atoms with Crippen molar-refractivity contribution >= 4 is 34.3 Å². The fourth-order valence-corrected chi connectivity index (χ4v) is 4.84. The Hall–Kier alpha value is -3.41. The molecular weight excluding hydrogens is 481 g/mol. The number of amides is 1. The first-order valence-electron chi connectivity index (χ1n) is 11.3. The smallest absolute Gasteiger partial charge is 0.427 e. The van der Waals surface area contributed by atoms with Gasteiger partial charge in [0.05, 0.1) is 33.9 Å². The molecule has 3 aromatic rings. The van der Waals surface area contributed by atoms with Crippen LogP contribution >= 0.6 is 11.6 Å². The molecule has 0 bridgehead atoms. The van der Waals surface area contributed by atoms with Gasteiger partial charge in [-0.05, 0) is 46.1 Å². The third-order valence-electron chi connectivity index (χ3n) is 6.05. The molecule has 2 aromatic heterocycles. The van der Waals surface area contributed by atoms with Gasteiger partial charge in [0.1, 0.15) is 11.4 Å². The Morgan fingerprint density at radius 2 is 1.97 bits per heavy atom. The number of carbonyl (C=O) groups excluding carboxylic acids is 1. The van der Waals surface area contributed by atoms with Crippen LogP contribution in [0.1, 0.15) is 52.1 Å². The Kier molecular flexibility index (Phi) is 5.58. The SMILES string of the molecule is CC(C)(C)OC(=O)Nn1c(=O)c2cc(F)c(N3CCC(n4ccnn4)C3)c(Cl)c2n(C2CC2)c1=O. The number of rotatable bonds is 4. The molecular formula is C22H25ClFN7O4. The summed E-state index contributed by atoms with van der Waals surface area (Å²) in [6.45, 7) is 5.91. The third-order valence-corrected chi connectivity index (χ3v) is 6.41. The van der Waals surface area contributed by atoms with Crippen molar-refractivity contribution in [3.8, 4) is 0 Å². The van der Waals surface area contributed by atoms with Crippen LogP contribution in [0.2, 0.25) is 5.02 Å². The first-order valence-corrected chi connectivity index (χ1v) is 11.7. The van der Waals surface area contributed by atoms with E-state index in [9.17, 15) is 14.4 Å². The number of carbonyl (C=O) groups is 1. The molecule has 1 unspecified atom stereocenters. The maximum absolute atomic E-state index is 15.4. The molecule has 1 aromatic carbocycles. The molecule has 3 heterocycles. The van der Waals surface area contributed by atoms with Crippen LogP contribution in [0.15, 0.2) is 28.0 Å². The van der Waals surface area contributed by atoms with E-state index in [4.69, 9.17) is 16.3 Å². The van der Waals surface area contributed by atoms with Gasteiger partial charge in [-0.2, -0.15) is 4.68 Å². The molecule has 1 amide bonds. The summed E-state index contributed by atoms with van der Waals surface area (Å²) in [5.74, 6) is -0.691. The standard InChI is InChI=1S/C22H25ClFN7O4/c1-22(2,3)35-20(33)26-31-19(32)14-10-15(24)18(16(23)17(14)30(21(31)34)12-4-5-12)28-8-6-13(11-28)29-9-7-25-27-29/h7,9-10,12-13H,4-6,8,11H2,1-3H3,(H,26,33). The van der Waals surface area contributed by atoms with Crippen LogP contribution in [-0.4, -0.2) is 49.0 Å². The molecule has 5 rings (SSSR count). The number of ether oxygens (including phenoxy) is 1. The van der Waals surface area contributed by atoms with Crippen molar-refractivity contribution in [2.24, 2.45) is 0 Å². The Bertz CT molecular complexity index is 1420. The summed E-state index contributed by atoms with van der Waals surface area (Å²) in [5.41, 5.74) is -0.00661. The van der Waals surface area contributed by atoms with E-state index in [0.717, 1.165) is 6.07 Å². The first kappa shape index (κ1) is 23.3. The number of benzene rings is 1.